The van der Waals surface area contributed by atoms with Crippen LogP contribution >= 0.6 is 0 Å². The Morgan fingerprint density at radius 3 is 2.00 bits per heavy atom. The second-order valence-electron chi connectivity index (χ2n) is 4.78. The Morgan fingerprint density at radius 1 is 1.23 bits per heavy atom. The van der Waals surface area contributed by atoms with Crippen LogP contribution in [0.3, 0.4) is 0 Å². The summed E-state index contributed by atoms with van der Waals surface area (Å²) in [5.41, 5.74) is 5.48. The molecule has 3 nitrogen and oxygen atoms in total. The van der Waals surface area contributed by atoms with Crippen LogP contribution in [0.5, 0.6) is 0 Å². The average molecular weight is 184 g/mol. The van der Waals surface area contributed by atoms with Crippen molar-refractivity contribution >= 4 is 5.84 Å². The van der Waals surface area contributed by atoms with Crippen LogP contribution in [-0.4, -0.2) is 18.5 Å². The molecule has 0 amide bonds. The first kappa shape index (κ1) is 10.5. The van der Waals surface area contributed by atoms with Crippen molar-refractivity contribution in [2.24, 2.45) is 11.1 Å². The highest BCUT2D eigenvalue weighted by Crippen LogP contribution is 2.41. The van der Waals surface area contributed by atoms with Gasteiger partial charge < -0.3 is 10.5 Å². The van der Waals surface area contributed by atoms with Gasteiger partial charge in [0, 0.05) is 7.11 Å². The van der Waals surface area contributed by atoms with E-state index in [9.17, 15) is 0 Å². The van der Waals surface area contributed by atoms with E-state index in [1.165, 1.54) is 0 Å². The molecule has 0 heterocycles. The van der Waals surface area contributed by atoms with Gasteiger partial charge >= 0.3 is 0 Å². The lowest BCUT2D eigenvalue weighted by Gasteiger charge is -2.41. The Hall–Kier alpha value is -0.570. The van der Waals surface area contributed by atoms with E-state index in [0.29, 0.717) is 5.41 Å². The van der Waals surface area contributed by atoms with Gasteiger partial charge in [-0.2, -0.15) is 0 Å². The first-order chi connectivity index (χ1) is 5.92. The Morgan fingerprint density at radius 2 is 1.69 bits per heavy atom. The van der Waals surface area contributed by atoms with Crippen LogP contribution in [0.2, 0.25) is 0 Å². The maximum Gasteiger partial charge on any atom is 0.124 e. The van der Waals surface area contributed by atoms with Gasteiger partial charge in [0.05, 0.1) is 0 Å². The molecule has 0 aliphatic heterocycles. The number of amidine groups is 1. The summed E-state index contributed by atoms with van der Waals surface area (Å²) in [4.78, 5) is 0. The molecule has 0 aromatic rings. The molecular formula is C10H20N2O. The molecule has 1 fully saturated rings. The third-order valence-electron chi connectivity index (χ3n) is 3.29. The summed E-state index contributed by atoms with van der Waals surface area (Å²) in [6.07, 6.45) is 3.93. The number of nitrogens with one attached hydrogen (secondary N) is 1. The summed E-state index contributed by atoms with van der Waals surface area (Å²) < 4.78 is 5.38. The summed E-state index contributed by atoms with van der Waals surface area (Å²) in [7, 11) is 1.65. The number of methoxy groups -OCH3 is 1. The Balaban J connectivity index is 2.69. The van der Waals surface area contributed by atoms with Crippen LogP contribution in [0.1, 0.15) is 39.5 Å². The molecule has 0 aromatic heterocycles. The lowest BCUT2D eigenvalue weighted by Crippen LogP contribution is -2.48. The first-order valence-electron chi connectivity index (χ1n) is 4.82. The molecule has 1 aliphatic carbocycles. The van der Waals surface area contributed by atoms with E-state index in [1.54, 1.807) is 7.11 Å². The van der Waals surface area contributed by atoms with Gasteiger partial charge in [-0.25, -0.2) is 0 Å². The Kier molecular flexibility index (Phi) is 2.66. The van der Waals surface area contributed by atoms with Crippen LogP contribution in [0.15, 0.2) is 0 Å². The summed E-state index contributed by atoms with van der Waals surface area (Å²) >= 11 is 0. The molecular weight excluding hydrogens is 164 g/mol. The molecule has 0 atom stereocenters. The molecule has 0 bridgehead atoms. The van der Waals surface area contributed by atoms with Crippen molar-refractivity contribution < 1.29 is 4.74 Å². The van der Waals surface area contributed by atoms with Crippen molar-refractivity contribution in [3.05, 3.63) is 0 Å². The van der Waals surface area contributed by atoms with E-state index in [0.717, 1.165) is 25.7 Å². The number of ether oxygens (including phenoxy) is 1. The predicted octanol–water partition coefficient (Wildman–Crippen LogP) is 1.91. The number of hydrogen-bond acceptors (Lipinski definition) is 2. The first-order valence-corrected chi connectivity index (χ1v) is 4.82. The van der Waals surface area contributed by atoms with E-state index in [4.69, 9.17) is 15.9 Å². The van der Waals surface area contributed by atoms with E-state index < -0.39 is 5.60 Å². The summed E-state index contributed by atoms with van der Waals surface area (Å²) in [6.45, 7) is 4.51. The van der Waals surface area contributed by atoms with E-state index in [-0.39, 0.29) is 5.84 Å². The van der Waals surface area contributed by atoms with Crippen LogP contribution in [0.25, 0.3) is 0 Å². The molecule has 0 saturated heterocycles. The highest BCUT2D eigenvalue weighted by molar-refractivity contribution is 5.86. The SMILES string of the molecule is COC1(C(=N)N)CCC(C)(C)CC1. The van der Waals surface area contributed by atoms with Gasteiger partial charge in [0.2, 0.25) is 0 Å². The van der Waals surface area contributed by atoms with Crippen molar-refractivity contribution in [2.75, 3.05) is 7.11 Å². The molecule has 0 spiro atoms. The third-order valence-corrected chi connectivity index (χ3v) is 3.29. The predicted molar refractivity (Wildman–Crippen MR) is 53.9 cm³/mol. The van der Waals surface area contributed by atoms with Gasteiger partial charge in [-0.3, -0.25) is 5.41 Å². The molecule has 3 N–H and O–H groups in total. The number of hydrogen-bond donors (Lipinski definition) is 2. The monoisotopic (exact) mass is 184 g/mol. The van der Waals surface area contributed by atoms with E-state index in [2.05, 4.69) is 13.8 Å². The minimum atomic E-state index is -0.463. The molecule has 1 saturated carbocycles. The minimum Gasteiger partial charge on any atom is -0.385 e. The molecule has 76 valence electrons. The van der Waals surface area contributed by atoms with Gasteiger partial charge in [-0.15, -0.1) is 0 Å². The number of nitrogens with two attached hydrogens (primary N) is 1. The van der Waals surface area contributed by atoms with E-state index in [1.807, 2.05) is 0 Å². The zero-order valence-electron chi connectivity index (χ0n) is 8.81. The zero-order valence-corrected chi connectivity index (χ0v) is 8.81. The fourth-order valence-corrected chi connectivity index (χ4v) is 1.91. The third kappa shape index (κ3) is 2.02. The molecule has 13 heavy (non-hydrogen) atoms. The smallest absolute Gasteiger partial charge is 0.124 e. The summed E-state index contributed by atoms with van der Waals surface area (Å²) in [6, 6.07) is 0. The van der Waals surface area contributed by atoms with Crippen LogP contribution in [0.4, 0.5) is 0 Å². The molecule has 1 aliphatic rings. The van der Waals surface area contributed by atoms with Crippen LogP contribution in [-0.2, 0) is 4.74 Å². The standard InChI is InChI=1S/C10H20N2O/c1-9(2)4-6-10(13-3,7-5-9)8(11)12/h4-7H2,1-3H3,(H3,11,12). The summed E-state index contributed by atoms with van der Waals surface area (Å²) in [5.74, 6) is 0.186. The van der Waals surface area contributed by atoms with Gasteiger partial charge in [0.15, 0.2) is 0 Å². The quantitative estimate of drug-likeness (QED) is 0.508. The van der Waals surface area contributed by atoms with Crippen molar-refractivity contribution in [2.45, 2.75) is 45.1 Å². The van der Waals surface area contributed by atoms with Crippen LogP contribution in [0, 0.1) is 10.8 Å². The maximum absolute atomic E-state index is 7.52. The Labute approximate surface area is 80.2 Å². The maximum atomic E-state index is 7.52. The van der Waals surface area contributed by atoms with Crippen LogP contribution < -0.4 is 5.73 Å². The second-order valence-corrected chi connectivity index (χ2v) is 4.78. The Bertz CT molecular complexity index is 201. The molecule has 0 radical (unpaired) electrons. The fourth-order valence-electron chi connectivity index (χ4n) is 1.91. The van der Waals surface area contributed by atoms with Gasteiger partial charge in [-0.1, -0.05) is 13.8 Å². The topological polar surface area (TPSA) is 59.1 Å². The average Bonchev–Trinajstić information content (AvgIpc) is 2.05. The van der Waals surface area contributed by atoms with E-state index >= 15 is 0 Å². The highest BCUT2D eigenvalue weighted by Gasteiger charge is 2.40. The minimum absolute atomic E-state index is 0.186. The fraction of sp³-hybridized carbons (Fsp3) is 0.900. The highest BCUT2D eigenvalue weighted by atomic mass is 16.5. The number of rotatable bonds is 2. The lowest BCUT2D eigenvalue weighted by molar-refractivity contribution is -0.00970. The van der Waals surface area contributed by atoms with Gasteiger partial charge in [0.25, 0.3) is 0 Å². The van der Waals surface area contributed by atoms with Crippen molar-refractivity contribution in [3.63, 3.8) is 0 Å². The molecule has 0 aromatic carbocycles. The normalized spacial score (nSPS) is 25.5. The molecule has 1 rings (SSSR count). The molecule has 0 unspecified atom stereocenters. The largest absolute Gasteiger partial charge is 0.385 e. The van der Waals surface area contributed by atoms with Crippen molar-refractivity contribution in [3.8, 4) is 0 Å². The van der Waals surface area contributed by atoms with Crippen molar-refractivity contribution in [1.82, 2.24) is 0 Å². The second kappa shape index (κ2) is 3.29. The van der Waals surface area contributed by atoms with Gasteiger partial charge in [-0.05, 0) is 31.1 Å². The summed E-state index contributed by atoms with van der Waals surface area (Å²) in [5, 5.41) is 7.52. The van der Waals surface area contributed by atoms with Gasteiger partial charge in [0.1, 0.15) is 11.4 Å². The molecule has 3 heteroatoms. The lowest BCUT2D eigenvalue weighted by atomic mass is 9.70. The zero-order chi connectivity index (χ0) is 10.1. The van der Waals surface area contributed by atoms with Crippen molar-refractivity contribution in [1.29, 1.82) is 5.41 Å².